The molecule has 1 radical (unpaired) electrons. The Balaban J connectivity index is 2.11. The van der Waals surface area contributed by atoms with E-state index in [1.54, 1.807) is 5.92 Å². The molecule has 0 spiro atoms. The van der Waals surface area contributed by atoms with E-state index in [-0.39, 0.29) is 0 Å². The van der Waals surface area contributed by atoms with Gasteiger partial charge in [-0.2, -0.15) is 0 Å². The molecule has 73 valence electrons. The van der Waals surface area contributed by atoms with E-state index < -0.39 is 0 Å². The molecule has 0 heteroatoms. The highest BCUT2D eigenvalue weighted by Gasteiger charge is 2.26. The Morgan fingerprint density at radius 3 is 1.87 bits per heavy atom. The van der Waals surface area contributed by atoms with E-state index in [2.05, 4.69) is 54.6 Å². The van der Waals surface area contributed by atoms with E-state index in [0.717, 1.165) is 0 Å². The molecule has 2 aromatic carbocycles. The van der Waals surface area contributed by atoms with Crippen LogP contribution >= 0.6 is 0 Å². The first-order valence-electron chi connectivity index (χ1n) is 5.45. The van der Waals surface area contributed by atoms with Crippen molar-refractivity contribution in [2.75, 3.05) is 0 Å². The third-order valence-electron chi connectivity index (χ3n) is 2.89. The molecular formula is C15H13. The zero-order chi connectivity index (χ0) is 10.1. The van der Waals surface area contributed by atoms with Crippen LogP contribution in [-0.2, 0) is 0 Å². The van der Waals surface area contributed by atoms with Crippen LogP contribution < -0.4 is 0 Å². The van der Waals surface area contributed by atoms with Crippen LogP contribution in [0.3, 0.4) is 0 Å². The van der Waals surface area contributed by atoms with Gasteiger partial charge < -0.3 is 0 Å². The zero-order valence-electron chi connectivity index (χ0n) is 8.61. The summed E-state index contributed by atoms with van der Waals surface area (Å²) >= 11 is 0. The van der Waals surface area contributed by atoms with Crippen LogP contribution in [0, 0.1) is 5.92 Å². The highest BCUT2D eigenvalue weighted by molar-refractivity contribution is 5.71. The molecule has 0 aliphatic heterocycles. The summed E-state index contributed by atoms with van der Waals surface area (Å²) in [6, 6.07) is 19.3. The lowest BCUT2D eigenvalue weighted by atomic mass is 9.97. The molecule has 0 heterocycles. The Labute approximate surface area is 90.6 Å². The van der Waals surface area contributed by atoms with Gasteiger partial charge >= 0.3 is 0 Å². The van der Waals surface area contributed by atoms with Gasteiger partial charge in [-0.1, -0.05) is 54.6 Å². The summed E-state index contributed by atoms with van der Waals surface area (Å²) in [6.45, 7) is 0. The van der Waals surface area contributed by atoms with Gasteiger partial charge in [0.1, 0.15) is 0 Å². The summed E-state index contributed by atoms with van der Waals surface area (Å²) in [4.78, 5) is 0. The Bertz CT molecular complexity index is 452. The van der Waals surface area contributed by atoms with Crippen molar-refractivity contribution < 1.29 is 0 Å². The van der Waals surface area contributed by atoms with E-state index in [0.29, 0.717) is 0 Å². The second kappa shape index (κ2) is 3.54. The third-order valence-corrected chi connectivity index (χ3v) is 2.89. The predicted molar refractivity (Wildman–Crippen MR) is 63.5 cm³/mol. The fourth-order valence-electron chi connectivity index (χ4n) is 1.99. The molecule has 2 aromatic rings. The lowest BCUT2D eigenvalue weighted by Gasteiger charge is -2.07. The fraction of sp³-hybridized carbons (Fsp3) is 0.133. The molecule has 0 nitrogen and oxygen atoms in total. The van der Waals surface area contributed by atoms with E-state index in [1.807, 2.05) is 0 Å². The molecule has 0 saturated heterocycles. The molecular weight excluding hydrogens is 180 g/mol. The average Bonchev–Trinajstić information content (AvgIpc) is 3.14. The Hall–Kier alpha value is -1.56. The smallest absolute Gasteiger partial charge is 0.00568 e. The van der Waals surface area contributed by atoms with Gasteiger partial charge in [-0.05, 0) is 29.5 Å². The lowest BCUT2D eigenvalue weighted by molar-refractivity contribution is 1.41. The summed E-state index contributed by atoms with van der Waals surface area (Å²) in [5, 5.41) is 0. The van der Waals surface area contributed by atoms with Crippen LogP contribution in [0.4, 0.5) is 0 Å². The molecule has 0 amide bonds. The van der Waals surface area contributed by atoms with Crippen LogP contribution in [0.1, 0.15) is 18.4 Å². The van der Waals surface area contributed by atoms with Crippen molar-refractivity contribution in [3.63, 3.8) is 0 Å². The quantitative estimate of drug-likeness (QED) is 0.674. The van der Waals surface area contributed by atoms with Crippen molar-refractivity contribution in [2.24, 2.45) is 0 Å². The SMILES string of the molecule is c1ccc(-c2ccccc2[C]2CC2)cc1. The molecule has 15 heavy (non-hydrogen) atoms. The molecule has 0 unspecified atom stereocenters. The van der Waals surface area contributed by atoms with Crippen LogP contribution in [0.25, 0.3) is 11.1 Å². The summed E-state index contributed by atoms with van der Waals surface area (Å²) in [6.07, 6.45) is 2.56. The van der Waals surface area contributed by atoms with Crippen molar-refractivity contribution in [1.82, 2.24) is 0 Å². The van der Waals surface area contributed by atoms with Crippen LogP contribution in [0.2, 0.25) is 0 Å². The van der Waals surface area contributed by atoms with Gasteiger partial charge in [-0.25, -0.2) is 0 Å². The molecule has 0 aromatic heterocycles. The molecule has 1 saturated carbocycles. The van der Waals surface area contributed by atoms with Crippen molar-refractivity contribution in [3.8, 4) is 11.1 Å². The van der Waals surface area contributed by atoms with E-state index in [9.17, 15) is 0 Å². The Morgan fingerprint density at radius 1 is 0.600 bits per heavy atom. The normalized spacial score (nSPS) is 15.2. The summed E-state index contributed by atoms with van der Waals surface area (Å²) in [7, 11) is 0. The second-order valence-corrected chi connectivity index (χ2v) is 4.02. The van der Waals surface area contributed by atoms with Gasteiger partial charge in [0, 0.05) is 5.92 Å². The van der Waals surface area contributed by atoms with Crippen molar-refractivity contribution in [3.05, 3.63) is 66.1 Å². The lowest BCUT2D eigenvalue weighted by Crippen LogP contribution is -1.86. The van der Waals surface area contributed by atoms with Gasteiger partial charge in [-0.15, -0.1) is 0 Å². The molecule has 0 bridgehead atoms. The minimum absolute atomic E-state index is 1.28. The van der Waals surface area contributed by atoms with Gasteiger partial charge in [0.2, 0.25) is 0 Å². The number of hydrogen-bond donors (Lipinski definition) is 0. The summed E-state index contributed by atoms with van der Waals surface area (Å²) < 4.78 is 0. The topological polar surface area (TPSA) is 0 Å². The summed E-state index contributed by atoms with van der Waals surface area (Å²) in [5.41, 5.74) is 4.15. The second-order valence-electron chi connectivity index (χ2n) is 4.02. The maximum atomic E-state index is 2.24. The van der Waals surface area contributed by atoms with Crippen LogP contribution in [0.5, 0.6) is 0 Å². The fourth-order valence-corrected chi connectivity index (χ4v) is 1.99. The van der Waals surface area contributed by atoms with E-state index in [4.69, 9.17) is 0 Å². The van der Waals surface area contributed by atoms with Gasteiger partial charge in [0.05, 0.1) is 0 Å². The highest BCUT2D eigenvalue weighted by atomic mass is 14.3. The van der Waals surface area contributed by atoms with Gasteiger partial charge in [-0.3, -0.25) is 0 Å². The first-order valence-corrected chi connectivity index (χ1v) is 5.45. The van der Waals surface area contributed by atoms with Crippen molar-refractivity contribution >= 4 is 0 Å². The van der Waals surface area contributed by atoms with Gasteiger partial charge in [0.25, 0.3) is 0 Å². The maximum Gasteiger partial charge on any atom is 0.00568 e. The largest absolute Gasteiger partial charge is 0.0622 e. The minimum atomic E-state index is 1.28. The summed E-state index contributed by atoms with van der Waals surface area (Å²) in [5.74, 6) is 1.61. The molecule has 1 aliphatic carbocycles. The predicted octanol–water partition coefficient (Wildman–Crippen LogP) is 4.07. The monoisotopic (exact) mass is 193 g/mol. The number of rotatable bonds is 2. The van der Waals surface area contributed by atoms with Gasteiger partial charge in [0.15, 0.2) is 0 Å². The molecule has 0 atom stereocenters. The van der Waals surface area contributed by atoms with E-state index >= 15 is 0 Å². The first-order chi connectivity index (χ1) is 7.45. The van der Waals surface area contributed by atoms with Crippen molar-refractivity contribution in [2.45, 2.75) is 12.8 Å². The van der Waals surface area contributed by atoms with Crippen molar-refractivity contribution in [1.29, 1.82) is 0 Å². The van der Waals surface area contributed by atoms with Crippen LogP contribution in [0.15, 0.2) is 54.6 Å². The molecule has 1 fully saturated rings. The maximum absolute atomic E-state index is 2.24. The number of hydrogen-bond acceptors (Lipinski definition) is 0. The van der Waals surface area contributed by atoms with E-state index in [1.165, 1.54) is 29.5 Å². The van der Waals surface area contributed by atoms with Crippen LogP contribution in [-0.4, -0.2) is 0 Å². The minimum Gasteiger partial charge on any atom is -0.0622 e. The standard InChI is InChI=1S/C15H13/c1-2-6-12(7-3-1)14-8-4-5-9-15(14)13-10-11-13/h1-9H,10-11H2. The Kier molecular flexibility index (Phi) is 2.06. The first kappa shape index (κ1) is 8.72. The average molecular weight is 193 g/mol. The Morgan fingerprint density at radius 2 is 1.20 bits per heavy atom. The highest BCUT2D eigenvalue weighted by Crippen LogP contribution is 2.43. The molecule has 1 aliphatic rings. The molecule has 0 N–H and O–H groups in total. The molecule has 3 rings (SSSR count). The zero-order valence-corrected chi connectivity index (χ0v) is 8.61. The number of benzene rings is 2. The third kappa shape index (κ3) is 1.68.